The minimum Gasteiger partial charge on any atom is -0.493 e. The Bertz CT molecular complexity index is 803. The summed E-state index contributed by atoms with van der Waals surface area (Å²) in [4.78, 5) is 25.5. The Balaban J connectivity index is 1.61. The van der Waals surface area contributed by atoms with Crippen molar-refractivity contribution in [2.75, 3.05) is 14.2 Å². The normalized spacial score (nSPS) is 29.6. The second-order valence-corrected chi connectivity index (χ2v) is 7.97. The number of imide groups is 1. The van der Waals surface area contributed by atoms with Crippen molar-refractivity contribution in [3.8, 4) is 11.5 Å². The highest BCUT2D eigenvalue weighted by molar-refractivity contribution is 14.1. The van der Waals surface area contributed by atoms with Gasteiger partial charge in [0, 0.05) is 0 Å². The van der Waals surface area contributed by atoms with Gasteiger partial charge in [-0.3, -0.25) is 9.59 Å². The van der Waals surface area contributed by atoms with Crippen LogP contribution in [0.2, 0.25) is 0 Å². The second-order valence-electron chi connectivity index (χ2n) is 6.81. The SMILES string of the molecule is COc1cc(/C=N\N2C(=O)[C@@H]3[C@H](C2=O)[C@H]2C=C[C@H]3CC2)cc(I)c1OC. The summed E-state index contributed by atoms with van der Waals surface area (Å²) >= 11 is 2.15. The number of methoxy groups -OCH3 is 2. The molecule has 0 N–H and O–H groups in total. The number of hydrazone groups is 1. The van der Waals surface area contributed by atoms with Crippen molar-refractivity contribution in [3.63, 3.8) is 0 Å². The van der Waals surface area contributed by atoms with Gasteiger partial charge in [-0.25, -0.2) is 0 Å². The van der Waals surface area contributed by atoms with Gasteiger partial charge >= 0.3 is 0 Å². The average molecular weight is 466 g/mol. The first kappa shape index (κ1) is 17.5. The summed E-state index contributed by atoms with van der Waals surface area (Å²) in [6, 6.07) is 3.64. The molecule has 3 aliphatic carbocycles. The fourth-order valence-electron chi connectivity index (χ4n) is 4.31. The van der Waals surface area contributed by atoms with E-state index >= 15 is 0 Å². The Morgan fingerprint density at radius 1 is 1.08 bits per heavy atom. The fraction of sp³-hybridized carbons (Fsp3) is 0.421. The first-order valence-corrected chi connectivity index (χ1v) is 9.64. The standard InChI is InChI=1S/C19H19IN2O4/c1-25-14-8-10(7-13(20)17(14)26-2)9-21-22-18(23)15-11-3-4-12(6-5-11)16(15)19(22)24/h3-4,7-9,11-12,15-16H,5-6H2,1-2H3/b21-9-/t11-,12-,15-,16+/m0/s1. The minimum absolute atomic E-state index is 0.170. The molecule has 0 spiro atoms. The van der Waals surface area contributed by atoms with Crippen LogP contribution in [-0.2, 0) is 9.59 Å². The third-order valence-electron chi connectivity index (χ3n) is 5.51. The average Bonchev–Trinajstić information content (AvgIpc) is 2.93. The molecule has 0 unspecified atom stereocenters. The minimum atomic E-state index is -0.242. The predicted molar refractivity (Wildman–Crippen MR) is 104 cm³/mol. The van der Waals surface area contributed by atoms with Gasteiger partial charge in [-0.2, -0.15) is 10.1 Å². The van der Waals surface area contributed by atoms with Crippen LogP contribution in [-0.4, -0.2) is 37.3 Å². The van der Waals surface area contributed by atoms with Crippen LogP contribution in [0.3, 0.4) is 0 Å². The van der Waals surface area contributed by atoms with Crippen molar-refractivity contribution in [2.24, 2.45) is 28.8 Å². The van der Waals surface area contributed by atoms with Gasteiger partial charge in [0.25, 0.3) is 11.8 Å². The highest BCUT2D eigenvalue weighted by Crippen LogP contribution is 2.49. The number of nitrogens with zero attached hydrogens (tertiary/aromatic N) is 2. The Labute approximate surface area is 165 Å². The summed E-state index contributed by atoms with van der Waals surface area (Å²) in [5, 5.41) is 5.30. The molecule has 4 aliphatic rings. The van der Waals surface area contributed by atoms with Crippen LogP contribution < -0.4 is 9.47 Å². The molecule has 1 aliphatic heterocycles. The molecule has 7 heteroatoms. The highest BCUT2D eigenvalue weighted by Gasteiger charge is 2.56. The van der Waals surface area contributed by atoms with E-state index in [1.165, 1.54) is 6.21 Å². The number of allylic oxidation sites excluding steroid dienone is 2. The van der Waals surface area contributed by atoms with Gasteiger partial charge in [-0.05, 0) is 65.0 Å². The summed E-state index contributed by atoms with van der Waals surface area (Å²) in [6.07, 6.45) is 7.70. The monoisotopic (exact) mass is 466 g/mol. The van der Waals surface area contributed by atoms with Crippen molar-refractivity contribution in [2.45, 2.75) is 12.8 Å². The van der Waals surface area contributed by atoms with Crippen LogP contribution in [0.25, 0.3) is 0 Å². The zero-order valence-corrected chi connectivity index (χ0v) is 16.7. The fourth-order valence-corrected chi connectivity index (χ4v) is 5.15. The summed E-state index contributed by atoms with van der Waals surface area (Å²) in [5.41, 5.74) is 0.739. The molecule has 2 bridgehead atoms. The molecule has 1 saturated carbocycles. The topological polar surface area (TPSA) is 68.2 Å². The van der Waals surface area contributed by atoms with E-state index < -0.39 is 0 Å². The summed E-state index contributed by atoms with van der Waals surface area (Å²) < 4.78 is 11.5. The zero-order chi connectivity index (χ0) is 18.4. The quantitative estimate of drug-likeness (QED) is 0.296. The molecule has 1 aromatic rings. The third-order valence-corrected chi connectivity index (χ3v) is 6.32. The van der Waals surface area contributed by atoms with Gasteiger partial charge in [0.15, 0.2) is 11.5 Å². The zero-order valence-electron chi connectivity index (χ0n) is 14.5. The van der Waals surface area contributed by atoms with E-state index in [0.29, 0.717) is 11.5 Å². The van der Waals surface area contributed by atoms with E-state index in [2.05, 4.69) is 39.8 Å². The molecular formula is C19H19IN2O4. The van der Waals surface area contributed by atoms with E-state index in [0.717, 1.165) is 27.0 Å². The van der Waals surface area contributed by atoms with Crippen molar-refractivity contribution in [1.82, 2.24) is 5.01 Å². The Hall–Kier alpha value is -1.90. The van der Waals surface area contributed by atoms with Crippen molar-refractivity contribution in [1.29, 1.82) is 0 Å². The van der Waals surface area contributed by atoms with Crippen LogP contribution in [0.4, 0.5) is 0 Å². The molecule has 0 radical (unpaired) electrons. The Morgan fingerprint density at radius 3 is 2.19 bits per heavy atom. The van der Waals surface area contributed by atoms with E-state index in [-0.39, 0.29) is 35.5 Å². The van der Waals surface area contributed by atoms with Crippen LogP contribution in [0.5, 0.6) is 11.5 Å². The molecular weight excluding hydrogens is 447 g/mol. The van der Waals surface area contributed by atoms with E-state index in [4.69, 9.17) is 9.47 Å². The first-order valence-electron chi connectivity index (χ1n) is 8.56. The van der Waals surface area contributed by atoms with Crippen LogP contribution in [0.1, 0.15) is 18.4 Å². The van der Waals surface area contributed by atoms with Crippen LogP contribution >= 0.6 is 22.6 Å². The summed E-state index contributed by atoms with van der Waals surface area (Å²) in [5.74, 6) is 0.731. The number of hydrogen-bond acceptors (Lipinski definition) is 5. The van der Waals surface area contributed by atoms with Crippen molar-refractivity contribution >= 4 is 40.6 Å². The van der Waals surface area contributed by atoms with E-state index in [1.54, 1.807) is 20.3 Å². The number of carbonyl (C=O) groups excluding carboxylic acids is 2. The highest BCUT2D eigenvalue weighted by atomic mass is 127. The number of ether oxygens (including phenoxy) is 2. The predicted octanol–water partition coefficient (Wildman–Crippen LogP) is 2.84. The smallest absolute Gasteiger partial charge is 0.254 e. The number of halogens is 1. The van der Waals surface area contributed by atoms with Gasteiger partial charge in [0.1, 0.15) is 0 Å². The maximum atomic E-state index is 12.8. The summed E-state index contributed by atoms with van der Waals surface area (Å²) in [6.45, 7) is 0. The lowest BCUT2D eigenvalue weighted by atomic mass is 9.63. The number of fused-ring (bicyclic) bond motifs is 1. The molecule has 1 heterocycles. The second kappa shape index (κ2) is 6.68. The lowest BCUT2D eigenvalue weighted by Gasteiger charge is -2.37. The molecule has 6 nitrogen and oxygen atoms in total. The summed E-state index contributed by atoms with van der Waals surface area (Å²) in [7, 11) is 3.15. The largest absolute Gasteiger partial charge is 0.493 e. The lowest BCUT2D eigenvalue weighted by Crippen LogP contribution is -2.38. The Morgan fingerprint density at radius 2 is 1.69 bits per heavy atom. The Kier molecular flexibility index (Phi) is 4.50. The number of hydrogen-bond donors (Lipinski definition) is 0. The number of carbonyl (C=O) groups is 2. The van der Waals surface area contributed by atoms with E-state index in [1.807, 2.05) is 6.07 Å². The van der Waals surface area contributed by atoms with Crippen molar-refractivity contribution in [3.05, 3.63) is 33.4 Å². The molecule has 0 aromatic heterocycles. The van der Waals surface area contributed by atoms with Gasteiger partial charge in [-0.1, -0.05) is 12.2 Å². The van der Waals surface area contributed by atoms with Gasteiger partial charge in [0.05, 0.1) is 35.8 Å². The molecule has 26 heavy (non-hydrogen) atoms. The number of rotatable bonds is 4. The molecule has 136 valence electrons. The molecule has 1 saturated heterocycles. The molecule has 1 aromatic carbocycles. The molecule has 5 rings (SSSR count). The van der Waals surface area contributed by atoms with Crippen LogP contribution in [0, 0.1) is 27.2 Å². The first-order chi connectivity index (χ1) is 12.5. The van der Waals surface area contributed by atoms with Gasteiger partial charge in [-0.15, -0.1) is 0 Å². The molecule has 4 atom stereocenters. The van der Waals surface area contributed by atoms with Gasteiger partial charge < -0.3 is 9.47 Å². The maximum absolute atomic E-state index is 12.8. The number of amides is 2. The van der Waals surface area contributed by atoms with Crippen molar-refractivity contribution < 1.29 is 19.1 Å². The van der Waals surface area contributed by atoms with Crippen LogP contribution in [0.15, 0.2) is 29.4 Å². The lowest BCUT2D eigenvalue weighted by molar-refractivity contribution is -0.140. The number of benzene rings is 1. The van der Waals surface area contributed by atoms with E-state index in [9.17, 15) is 9.59 Å². The molecule has 2 fully saturated rings. The molecule has 2 amide bonds. The van der Waals surface area contributed by atoms with Gasteiger partial charge in [0.2, 0.25) is 0 Å². The third kappa shape index (κ3) is 2.64. The maximum Gasteiger partial charge on any atom is 0.254 e.